The van der Waals surface area contributed by atoms with E-state index in [4.69, 9.17) is 16.0 Å². The first-order chi connectivity index (χ1) is 15.3. The van der Waals surface area contributed by atoms with Gasteiger partial charge < -0.3 is 14.6 Å². The summed E-state index contributed by atoms with van der Waals surface area (Å²) in [6.45, 7) is 6.89. The Kier molecular flexibility index (Phi) is 8.21. The van der Waals surface area contributed by atoms with Crippen molar-refractivity contribution in [2.45, 2.75) is 50.5 Å². The predicted octanol–water partition coefficient (Wildman–Crippen LogP) is 5.03. The van der Waals surface area contributed by atoms with Crippen molar-refractivity contribution in [3.63, 3.8) is 0 Å². The number of sulfonamides is 1. The summed E-state index contributed by atoms with van der Waals surface area (Å²) in [5, 5.41) is 8.41. The third kappa shape index (κ3) is 5.59. The van der Waals surface area contributed by atoms with Crippen molar-refractivity contribution in [2.24, 2.45) is 7.05 Å². The second-order valence-electron chi connectivity index (χ2n) is 8.46. The molecule has 33 heavy (non-hydrogen) atoms. The smallest absolute Gasteiger partial charge is 0.266 e. The van der Waals surface area contributed by atoms with Gasteiger partial charge in [-0.2, -0.15) is 5.10 Å². The highest BCUT2D eigenvalue weighted by atomic mass is 35.5. The molecule has 0 spiro atoms. The number of anilines is 2. The Morgan fingerprint density at radius 1 is 1.30 bits per heavy atom. The second kappa shape index (κ2) is 10.5. The third-order valence-electron chi connectivity index (χ3n) is 6.05. The van der Waals surface area contributed by atoms with Crippen molar-refractivity contribution in [1.29, 1.82) is 0 Å². The summed E-state index contributed by atoms with van der Waals surface area (Å²) in [5.74, 6) is 0. The van der Waals surface area contributed by atoms with Crippen LogP contribution in [-0.4, -0.2) is 48.8 Å². The van der Waals surface area contributed by atoms with E-state index < -0.39 is 10.0 Å². The lowest BCUT2D eigenvalue weighted by Crippen LogP contribution is -2.38. The molecule has 8 nitrogen and oxygen atoms in total. The molecular formula is C22H31Cl2N5O3S. The number of furan rings is 1. The van der Waals surface area contributed by atoms with E-state index in [1.54, 1.807) is 32.4 Å². The van der Waals surface area contributed by atoms with Gasteiger partial charge >= 0.3 is 0 Å². The van der Waals surface area contributed by atoms with E-state index in [1.807, 2.05) is 6.07 Å². The first kappa shape index (κ1) is 25.7. The summed E-state index contributed by atoms with van der Waals surface area (Å²) in [5.41, 5.74) is 2.24. The number of aryl methyl sites for hydroxylation is 2. The minimum atomic E-state index is -3.90. The molecule has 3 aromatic rings. The van der Waals surface area contributed by atoms with Gasteiger partial charge in [0.05, 0.1) is 23.3 Å². The molecule has 4 rings (SSSR count). The number of piperidine rings is 1. The minimum Gasteiger partial charge on any atom is -0.462 e. The van der Waals surface area contributed by atoms with E-state index in [-0.39, 0.29) is 22.5 Å². The molecule has 182 valence electrons. The molecule has 1 aromatic carbocycles. The monoisotopic (exact) mass is 515 g/mol. The van der Waals surface area contributed by atoms with Crippen LogP contribution in [0.25, 0.3) is 11.0 Å². The lowest BCUT2D eigenvalue weighted by atomic mass is 10.0. The normalized spacial score (nSPS) is 17.2. The molecule has 1 atom stereocenters. The molecule has 3 heterocycles. The number of hydrogen-bond donors (Lipinski definition) is 2. The van der Waals surface area contributed by atoms with Crippen LogP contribution < -0.4 is 10.0 Å². The minimum absolute atomic E-state index is 0. The Morgan fingerprint density at radius 2 is 2.09 bits per heavy atom. The summed E-state index contributed by atoms with van der Waals surface area (Å²) in [4.78, 5) is 2.53. The summed E-state index contributed by atoms with van der Waals surface area (Å²) in [6.07, 6.45) is 6.45. The average Bonchev–Trinajstić information content (AvgIpc) is 3.30. The van der Waals surface area contributed by atoms with Crippen LogP contribution in [0.15, 0.2) is 33.8 Å². The van der Waals surface area contributed by atoms with Crippen LogP contribution in [0.3, 0.4) is 0 Å². The molecule has 11 heteroatoms. The number of aromatic nitrogens is 2. The molecule has 0 radical (unpaired) electrons. The first-order valence-corrected chi connectivity index (χ1v) is 12.8. The topological polar surface area (TPSA) is 92.4 Å². The zero-order chi connectivity index (χ0) is 22.9. The van der Waals surface area contributed by atoms with Gasteiger partial charge in [0.25, 0.3) is 10.0 Å². The maximum Gasteiger partial charge on any atom is 0.266 e. The number of nitrogens with zero attached hydrogens (tertiary/aromatic N) is 3. The van der Waals surface area contributed by atoms with Crippen LogP contribution in [0.1, 0.15) is 38.3 Å². The molecule has 0 saturated carbocycles. The third-order valence-corrected chi connectivity index (χ3v) is 8.13. The van der Waals surface area contributed by atoms with Gasteiger partial charge in [0, 0.05) is 31.6 Å². The summed E-state index contributed by atoms with van der Waals surface area (Å²) >= 11 is 6.18. The van der Waals surface area contributed by atoms with E-state index in [0.717, 1.165) is 37.1 Å². The van der Waals surface area contributed by atoms with Crippen LogP contribution in [0.2, 0.25) is 5.15 Å². The quantitative estimate of drug-likeness (QED) is 0.408. The van der Waals surface area contributed by atoms with Crippen molar-refractivity contribution in [1.82, 2.24) is 14.7 Å². The molecule has 0 bridgehead atoms. The van der Waals surface area contributed by atoms with Gasteiger partial charge in [0.15, 0.2) is 5.58 Å². The van der Waals surface area contributed by atoms with Gasteiger partial charge in [-0.25, -0.2) is 8.42 Å². The van der Waals surface area contributed by atoms with E-state index >= 15 is 0 Å². The molecule has 2 aromatic heterocycles. The number of rotatable bonds is 8. The fourth-order valence-corrected chi connectivity index (χ4v) is 6.18. The highest BCUT2D eigenvalue weighted by Gasteiger charge is 2.26. The summed E-state index contributed by atoms with van der Waals surface area (Å²) < 4.78 is 35.7. The number of likely N-dealkylation sites (tertiary alicyclic amines) is 1. The summed E-state index contributed by atoms with van der Waals surface area (Å²) in [6, 6.07) is 5.96. The SMILES string of the molecule is Cc1nn(C)c(Cl)c1S(=O)(=O)Nc1cc(NCCCN2CCCCC2C)c2occc2c1.Cl. The van der Waals surface area contributed by atoms with E-state index in [9.17, 15) is 8.42 Å². The Labute approximate surface area is 206 Å². The van der Waals surface area contributed by atoms with Gasteiger partial charge in [-0.3, -0.25) is 9.40 Å². The number of halogens is 2. The molecule has 0 amide bonds. The number of fused-ring (bicyclic) bond motifs is 1. The van der Waals surface area contributed by atoms with Gasteiger partial charge in [-0.05, 0) is 57.9 Å². The zero-order valence-electron chi connectivity index (χ0n) is 19.1. The van der Waals surface area contributed by atoms with E-state index in [0.29, 0.717) is 23.0 Å². The molecule has 0 aliphatic carbocycles. The van der Waals surface area contributed by atoms with Crippen molar-refractivity contribution < 1.29 is 12.8 Å². The molecule has 2 N–H and O–H groups in total. The number of nitrogens with one attached hydrogen (secondary N) is 2. The van der Waals surface area contributed by atoms with Crippen molar-refractivity contribution in [3.05, 3.63) is 35.3 Å². The Morgan fingerprint density at radius 3 is 2.79 bits per heavy atom. The molecular weight excluding hydrogens is 485 g/mol. The predicted molar refractivity (Wildman–Crippen MR) is 135 cm³/mol. The second-order valence-corrected chi connectivity index (χ2v) is 10.4. The van der Waals surface area contributed by atoms with Gasteiger partial charge in [0.1, 0.15) is 10.0 Å². The van der Waals surface area contributed by atoms with E-state index in [1.165, 1.54) is 23.9 Å². The number of benzene rings is 1. The standard InChI is InChI=1S/C22H30ClN5O3S.ClH/c1-15-7-4-5-10-28(15)11-6-9-24-19-14-18(13-17-8-12-31-20(17)19)26-32(29,30)21-16(2)25-27(3)22(21)23;/h8,12-15,24,26H,4-7,9-11H2,1-3H3;1H. The van der Waals surface area contributed by atoms with E-state index in [2.05, 4.69) is 27.0 Å². The van der Waals surface area contributed by atoms with Crippen molar-refractivity contribution >= 4 is 56.4 Å². The number of hydrogen-bond acceptors (Lipinski definition) is 6. The molecule has 1 unspecified atom stereocenters. The molecule has 1 saturated heterocycles. The Balaban J connectivity index is 0.00000306. The fourth-order valence-electron chi connectivity index (χ4n) is 4.39. The van der Waals surface area contributed by atoms with Crippen LogP contribution in [0, 0.1) is 6.92 Å². The van der Waals surface area contributed by atoms with Crippen molar-refractivity contribution in [3.8, 4) is 0 Å². The molecule has 1 aliphatic rings. The Bertz CT molecular complexity index is 1210. The van der Waals surface area contributed by atoms with Gasteiger partial charge in [0.2, 0.25) is 0 Å². The first-order valence-electron chi connectivity index (χ1n) is 11.0. The van der Waals surface area contributed by atoms with Crippen LogP contribution >= 0.6 is 24.0 Å². The largest absolute Gasteiger partial charge is 0.462 e. The van der Waals surface area contributed by atoms with Crippen LogP contribution in [-0.2, 0) is 17.1 Å². The van der Waals surface area contributed by atoms with Crippen LogP contribution in [0.5, 0.6) is 0 Å². The molecule has 1 aliphatic heterocycles. The highest BCUT2D eigenvalue weighted by molar-refractivity contribution is 7.92. The fraction of sp³-hybridized carbons (Fsp3) is 0.500. The maximum atomic E-state index is 13.0. The average molecular weight is 516 g/mol. The van der Waals surface area contributed by atoms with Gasteiger partial charge in [-0.1, -0.05) is 18.0 Å². The Hall–Kier alpha value is -1.94. The summed E-state index contributed by atoms with van der Waals surface area (Å²) in [7, 11) is -2.29. The highest BCUT2D eigenvalue weighted by Crippen LogP contribution is 2.32. The van der Waals surface area contributed by atoms with Gasteiger partial charge in [-0.15, -0.1) is 12.4 Å². The van der Waals surface area contributed by atoms with Crippen molar-refractivity contribution in [2.75, 3.05) is 29.7 Å². The lowest BCUT2D eigenvalue weighted by molar-refractivity contribution is 0.160. The van der Waals surface area contributed by atoms with Crippen LogP contribution in [0.4, 0.5) is 11.4 Å². The maximum absolute atomic E-state index is 13.0. The lowest BCUT2D eigenvalue weighted by Gasteiger charge is -2.33. The molecule has 1 fully saturated rings. The zero-order valence-corrected chi connectivity index (χ0v) is 21.5.